The summed E-state index contributed by atoms with van der Waals surface area (Å²) in [5, 5.41) is 0. The molecule has 1 aromatic rings. The molecule has 1 spiro atoms. The molecular weight excluding hydrogens is 381 g/mol. The molecule has 0 aromatic heterocycles. The molecule has 0 N–H and O–H groups in total. The van der Waals surface area contributed by atoms with Crippen molar-refractivity contribution < 1.29 is 14.3 Å². The molecule has 0 atom stereocenters. The molecule has 0 unspecified atom stereocenters. The van der Waals surface area contributed by atoms with Crippen LogP contribution < -0.4 is 0 Å². The van der Waals surface area contributed by atoms with Crippen molar-refractivity contribution in [2.24, 2.45) is 0 Å². The Kier molecular flexibility index (Phi) is 4.51. The van der Waals surface area contributed by atoms with E-state index in [1.54, 1.807) is 0 Å². The number of nitrogens with zero attached hydrogens (tertiary/aromatic N) is 1. The second kappa shape index (κ2) is 6.22. The molecular formula is C16H20INO3. The fraction of sp³-hybridized carbons (Fsp3) is 0.562. The first kappa shape index (κ1) is 15.2. The largest absolute Gasteiger partial charge is 0.348 e. The van der Waals surface area contributed by atoms with Crippen LogP contribution in [0.2, 0.25) is 0 Å². The molecule has 3 rings (SSSR count). The molecule has 21 heavy (non-hydrogen) atoms. The quantitative estimate of drug-likeness (QED) is 0.716. The normalized spacial score (nSPS) is 21.6. The molecule has 1 saturated heterocycles. The van der Waals surface area contributed by atoms with Gasteiger partial charge in [0.15, 0.2) is 5.79 Å². The first-order chi connectivity index (χ1) is 10.1. The van der Waals surface area contributed by atoms with Gasteiger partial charge in [0.1, 0.15) is 0 Å². The maximum Gasteiger partial charge on any atom is 0.253 e. The predicted molar refractivity (Wildman–Crippen MR) is 88.1 cm³/mol. The summed E-state index contributed by atoms with van der Waals surface area (Å²) in [5.41, 5.74) is 0.756. The molecule has 4 nitrogen and oxygen atoms in total. The Morgan fingerprint density at radius 1 is 1.19 bits per heavy atom. The van der Waals surface area contributed by atoms with E-state index in [2.05, 4.69) is 22.6 Å². The van der Waals surface area contributed by atoms with Gasteiger partial charge in [-0.1, -0.05) is 0 Å². The van der Waals surface area contributed by atoms with Gasteiger partial charge < -0.3 is 14.4 Å². The van der Waals surface area contributed by atoms with Crippen LogP contribution in [0.1, 0.15) is 36.0 Å². The molecule has 1 heterocycles. The molecule has 0 radical (unpaired) electrons. The number of amides is 1. The summed E-state index contributed by atoms with van der Waals surface area (Å²) < 4.78 is 12.6. The summed E-state index contributed by atoms with van der Waals surface area (Å²) in [6, 6.07) is 8.01. The number of hydrogen-bond donors (Lipinski definition) is 0. The van der Waals surface area contributed by atoms with Crippen LogP contribution >= 0.6 is 22.6 Å². The molecule has 1 amide bonds. The zero-order valence-electron chi connectivity index (χ0n) is 12.2. The third-order valence-corrected chi connectivity index (χ3v) is 5.21. The second-order valence-corrected chi connectivity index (χ2v) is 7.01. The van der Waals surface area contributed by atoms with Crippen LogP contribution in [-0.2, 0) is 9.47 Å². The van der Waals surface area contributed by atoms with E-state index in [0.717, 1.165) is 34.8 Å². The number of rotatable bonds is 2. The fourth-order valence-corrected chi connectivity index (χ4v) is 3.54. The summed E-state index contributed by atoms with van der Waals surface area (Å²) in [6.07, 6.45) is 3.63. The van der Waals surface area contributed by atoms with Crippen LogP contribution in [0.4, 0.5) is 0 Å². The smallest absolute Gasteiger partial charge is 0.253 e. The lowest BCUT2D eigenvalue weighted by molar-refractivity contribution is -0.182. The van der Waals surface area contributed by atoms with Gasteiger partial charge in [0.2, 0.25) is 0 Å². The van der Waals surface area contributed by atoms with E-state index in [1.807, 2.05) is 36.2 Å². The monoisotopic (exact) mass is 401 g/mol. The summed E-state index contributed by atoms with van der Waals surface area (Å²) in [5.74, 6) is -0.260. The van der Waals surface area contributed by atoms with Crippen molar-refractivity contribution in [2.45, 2.75) is 37.5 Å². The van der Waals surface area contributed by atoms with E-state index in [9.17, 15) is 4.79 Å². The Labute approximate surface area is 138 Å². The van der Waals surface area contributed by atoms with Crippen LogP contribution in [0.3, 0.4) is 0 Å². The van der Waals surface area contributed by atoms with E-state index in [1.165, 1.54) is 0 Å². The minimum atomic E-state index is -0.358. The first-order valence-corrected chi connectivity index (χ1v) is 8.48. The maximum absolute atomic E-state index is 12.5. The van der Waals surface area contributed by atoms with Gasteiger partial charge in [0, 0.05) is 35.1 Å². The standard InChI is InChI=1S/C16H20INO3/c1-18(15(19)12-2-4-13(17)5-3-12)14-6-8-16(9-7-14)20-10-11-21-16/h2-5,14H,6-11H2,1H3. The minimum absolute atomic E-state index is 0.0978. The zero-order chi connectivity index (χ0) is 14.9. The Bertz CT molecular complexity index is 501. The van der Waals surface area contributed by atoms with Crippen molar-refractivity contribution >= 4 is 28.5 Å². The second-order valence-electron chi connectivity index (χ2n) is 5.76. The highest BCUT2D eigenvalue weighted by molar-refractivity contribution is 14.1. The van der Waals surface area contributed by atoms with Crippen molar-refractivity contribution in [2.75, 3.05) is 20.3 Å². The highest BCUT2D eigenvalue weighted by Crippen LogP contribution is 2.37. The number of hydrogen-bond acceptors (Lipinski definition) is 3. The molecule has 2 aliphatic rings. The van der Waals surface area contributed by atoms with Crippen molar-refractivity contribution in [1.82, 2.24) is 4.90 Å². The minimum Gasteiger partial charge on any atom is -0.348 e. The van der Waals surface area contributed by atoms with E-state index in [4.69, 9.17) is 9.47 Å². The number of carbonyl (C=O) groups is 1. The van der Waals surface area contributed by atoms with E-state index in [0.29, 0.717) is 13.2 Å². The highest BCUT2D eigenvalue weighted by atomic mass is 127. The van der Waals surface area contributed by atoms with Crippen molar-refractivity contribution in [1.29, 1.82) is 0 Å². The molecule has 1 saturated carbocycles. The van der Waals surface area contributed by atoms with Gasteiger partial charge in [-0.15, -0.1) is 0 Å². The van der Waals surface area contributed by atoms with Gasteiger partial charge in [-0.25, -0.2) is 0 Å². The number of benzene rings is 1. The number of halogens is 1. The lowest BCUT2D eigenvalue weighted by Gasteiger charge is -2.39. The highest BCUT2D eigenvalue weighted by Gasteiger charge is 2.41. The molecule has 0 bridgehead atoms. The number of carbonyl (C=O) groups excluding carboxylic acids is 1. The summed E-state index contributed by atoms with van der Waals surface area (Å²) in [6.45, 7) is 1.39. The van der Waals surface area contributed by atoms with Crippen molar-refractivity contribution in [3.63, 3.8) is 0 Å². The van der Waals surface area contributed by atoms with Gasteiger partial charge in [-0.2, -0.15) is 0 Å². The van der Waals surface area contributed by atoms with Gasteiger partial charge >= 0.3 is 0 Å². The predicted octanol–water partition coefficient (Wildman–Crippen LogP) is 3.05. The van der Waals surface area contributed by atoms with Crippen LogP contribution in [-0.4, -0.2) is 42.9 Å². The van der Waals surface area contributed by atoms with Gasteiger partial charge in [-0.3, -0.25) is 4.79 Å². The molecule has 114 valence electrons. The average molecular weight is 401 g/mol. The van der Waals surface area contributed by atoms with Gasteiger partial charge in [-0.05, 0) is 59.7 Å². The van der Waals surface area contributed by atoms with Crippen LogP contribution in [0, 0.1) is 3.57 Å². The lowest BCUT2D eigenvalue weighted by Crippen LogP contribution is -2.44. The summed E-state index contributed by atoms with van der Waals surface area (Å²) in [7, 11) is 1.90. The van der Waals surface area contributed by atoms with Crippen molar-refractivity contribution in [3.05, 3.63) is 33.4 Å². The fourth-order valence-electron chi connectivity index (χ4n) is 3.18. The zero-order valence-corrected chi connectivity index (χ0v) is 14.3. The van der Waals surface area contributed by atoms with Gasteiger partial charge in [0.05, 0.1) is 13.2 Å². The Hall–Kier alpha value is -0.660. The SMILES string of the molecule is CN(C(=O)c1ccc(I)cc1)C1CCC2(CC1)OCCO2. The molecule has 1 aromatic carbocycles. The Morgan fingerprint density at radius 3 is 2.33 bits per heavy atom. The lowest BCUT2D eigenvalue weighted by atomic mass is 9.89. The molecule has 1 aliphatic heterocycles. The average Bonchev–Trinajstić information content (AvgIpc) is 2.96. The topological polar surface area (TPSA) is 38.8 Å². The van der Waals surface area contributed by atoms with Crippen molar-refractivity contribution in [3.8, 4) is 0 Å². The van der Waals surface area contributed by atoms with Crippen LogP contribution in [0.5, 0.6) is 0 Å². The third kappa shape index (κ3) is 3.24. The molecule has 2 fully saturated rings. The van der Waals surface area contributed by atoms with Gasteiger partial charge in [0.25, 0.3) is 5.91 Å². The number of ether oxygens (including phenoxy) is 2. The summed E-state index contributed by atoms with van der Waals surface area (Å²) in [4.78, 5) is 14.4. The molecule has 5 heteroatoms. The first-order valence-electron chi connectivity index (χ1n) is 7.40. The molecule has 1 aliphatic carbocycles. The van der Waals surface area contributed by atoms with E-state index >= 15 is 0 Å². The van der Waals surface area contributed by atoms with E-state index in [-0.39, 0.29) is 17.7 Å². The summed E-state index contributed by atoms with van der Waals surface area (Å²) >= 11 is 2.25. The van der Waals surface area contributed by atoms with Crippen LogP contribution in [0.25, 0.3) is 0 Å². The van der Waals surface area contributed by atoms with E-state index < -0.39 is 0 Å². The Balaban J connectivity index is 1.62. The third-order valence-electron chi connectivity index (χ3n) is 4.49. The maximum atomic E-state index is 12.5. The van der Waals surface area contributed by atoms with Crippen LogP contribution in [0.15, 0.2) is 24.3 Å². The Morgan fingerprint density at radius 2 is 1.76 bits per heavy atom.